The Hall–Kier alpha value is -2.08. The number of hydrogen-bond acceptors (Lipinski definition) is 4. The highest BCUT2D eigenvalue weighted by Gasteiger charge is 2.22. The van der Waals surface area contributed by atoms with Crippen LogP contribution in [-0.4, -0.2) is 31.0 Å². The third-order valence-electron chi connectivity index (χ3n) is 3.48. The second-order valence-corrected chi connectivity index (χ2v) is 5.44. The molecule has 1 aliphatic carbocycles. The SMILES string of the molecule is O=C1COc2ccc(CNCCC(=O)NC3CC3)cc2N1. The van der Waals surface area contributed by atoms with E-state index in [9.17, 15) is 9.59 Å². The molecule has 0 spiro atoms. The quantitative estimate of drug-likeness (QED) is 0.676. The molecule has 1 aromatic rings. The van der Waals surface area contributed by atoms with E-state index in [1.807, 2.05) is 18.2 Å². The minimum absolute atomic E-state index is 0.0701. The summed E-state index contributed by atoms with van der Waals surface area (Å²) in [5, 5.41) is 8.97. The average Bonchev–Trinajstić information content (AvgIpc) is 3.27. The Kier molecular flexibility index (Phi) is 4.06. The molecule has 0 unspecified atom stereocenters. The van der Waals surface area contributed by atoms with E-state index in [1.54, 1.807) is 0 Å². The molecule has 112 valence electrons. The van der Waals surface area contributed by atoms with Crippen molar-refractivity contribution in [2.75, 3.05) is 18.5 Å². The lowest BCUT2D eigenvalue weighted by atomic mass is 10.1. The molecule has 3 rings (SSSR count). The van der Waals surface area contributed by atoms with Gasteiger partial charge in [0.15, 0.2) is 6.61 Å². The molecule has 21 heavy (non-hydrogen) atoms. The maximum Gasteiger partial charge on any atom is 0.262 e. The molecule has 1 heterocycles. The van der Waals surface area contributed by atoms with Crippen LogP contribution in [0.1, 0.15) is 24.8 Å². The molecule has 3 N–H and O–H groups in total. The number of hydrogen-bond donors (Lipinski definition) is 3. The van der Waals surface area contributed by atoms with Gasteiger partial charge in [-0.15, -0.1) is 0 Å². The van der Waals surface area contributed by atoms with Crippen molar-refractivity contribution in [1.82, 2.24) is 10.6 Å². The number of carbonyl (C=O) groups is 2. The smallest absolute Gasteiger partial charge is 0.262 e. The summed E-state index contributed by atoms with van der Waals surface area (Å²) in [6.07, 6.45) is 2.71. The van der Waals surface area contributed by atoms with Crippen LogP contribution in [0.5, 0.6) is 5.75 Å². The first-order chi connectivity index (χ1) is 10.2. The van der Waals surface area contributed by atoms with Crippen LogP contribution in [0.4, 0.5) is 5.69 Å². The topological polar surface area (TPSA) is 79.5 Å². The molecule has 1 aromatic carbocycles. The normalized spacial score (nSPS) is 16.7. The first-order valence-electron chi connectivity index (χ1n) is 7.26. The highest BCUT2D eigenvalue weighted by Crippen LogP contribution is 2.28. The Morgan fingerprint density at radius 3 is 3.05 bits per heavy atom. The summed E-state index contributed by atoms with van der Waals surface area (Å²) in [4.78, 5) is 22.8. The van der Waals surface area contributed by atoms with Crippen molar-refractivity contribution in [3.05, 3.63) is 23.8 Å². The Morgan fingerprint density at radius 1 is 1.38 bits per heavy atom. The van der Waals surface area contributed by atoms with E-state index in [0.717, 1.165) is 18.4 Å². The molecule has 2 aliphatic rings. The highest BCUT2D eigenvalue weighted by atomic mass is 16.5. The molecular weight excluding hydrogens is 270 g/mol. The predicted octanol–water partition coefficient (Wildman–Crippen LogP) is 0.776. The number of benzene rings is 1. The molecule has 0 saturated heterocycles. The molecule has 0 atom stereocenters. The van der Waals surface area contributed by atoms with Crippen LogP contribution in [0.3, 0.4) is 0 Å². The zero-order valence-corrected chi connectivity index (χ0v) is 11.8. The minimum atomic E-state index is -0.135. The van der Waals surface area contributed by atoms with Gasteiger partial charge in [-0.2, -0.15) is 0 Å². The number of fused-ring (bicyclic) bond motifs is 1. The van der Waals surface area contributed by atoms with Crippen LogP contribution in [0.2, 0.25) is 0 Å². The Bertz CT molecular complexity index is 555. The summed E-state index contributed by atoms with van der Waals surface area (Å²) in [5.74, 6) is 0.669. The Labute approximate surface area is 123 Å². The van der Waals surface area contributed by atoms with Crippen molar-refractivity contribution in [1.29, 1.82) is 0 Å². The molecule has 6 heteroatoms. The number of carbonyl (C=O) groups excluding carboxylic acids is 2. The third-order valence-corrected chi connectivity index (χ3v) is 3.48. The van der Waals surface area contributed by atoms with E-state index in [2.05, 4.69) is 16.0 Å². The maximum absolute atomic E-state index is 11.5. The van der Waals surface area contributed by atoms with Gasteiger partial charge in [0.1, 0.15) is 5.75 Å². The van der Waals surface area contributed by atoms with E-state index in [0.29, 0.717) is 37.0 Å². The van der Waals surface area contributed by atoms with Crippen LogP contribution in [0.25, 0.3) is 0 Å². The van der Waals surface area contributed by atoms with Crippen LogP contribution in [0.15, 0.2) is 18.2 Å². The fourth-order valence-electron chi connectivity index (χ4n) is 2.20. The van der Waals surface area contributed by atoms with E-state index in [-0.39, 0.29) is 18.4 Å². The number of ether oxygens (including phenoxy) is 1. The van der Waals surface area contributed by atoms with Crippen molar-refractivity contribution < 1.29 is 14.3 Å². The Morgan fingerprint density at radius 2 is 2.24 bits per heavy atom. The van der Waals surface area contributed by atoms with Gasteiger partial charge >= 0.3 is 0 Å². The van der Waals surface area contributed by atoms with Crippen molar-refractivity contribution in [2.45, 2.75) is 31.8 Å². The first kappa shape index (κ1) is 13.9. The van der Waals surface area contributed by atoms with Gasteiger partial charge in [0.05, 0.1) is 5.69 Å². The lowest BCUT2D eigenvalue weighted by Gasteiger charge is -2.18. The molecule has 2 amide bonds. The Balaban J connectivity index is 1.43. The van der Waals surface area contributed by atoms with Gasteiger partial charge in [-0.05, 0) is 30.5 Å². The minimum Gasteiger partial charge on any atom is -0.482 e. The van der Waals surface area contributed by atoms with E-state index < -0.39 is 0 Å². The van der Waals surface area contributed by atoms with Crippen molar-refractivity contribution >= 4 is 17.5 Å². The number of rotatable bonds is 6. The molecule has 0 radical (unpaired) electrons. The van der Waals surface area contributed by atoms with Gasteiger partial charge in [-0.25, -0.2) is 0 Å². The third kappa shape index (κ3) is 3.95. The second-order valence-electron chi connectivity index (χ2n) is 5.44. The average molecular weight is 289 g/mol. The summed E-state index contributed by atoms with van der Waals surface area (Å²) >= 11 is 0. The number of anilines is 1. The van der Waals surface area contributed by atoms with Gasteiger partial charge < -0.3 is 20.7 Å². The summed E-state index contributed by atoms with van der Waals surface area (Å²) in [6.45, 7) is 1.36. The second kappa shape index (κ2) is 6.13. The fourth-order valence-corrected chi connectivity index (χ4v) is 2.20. The lowest BCUT2D eigenvalue weighted by Crippen LogP contribution is -2.29. The maximum atomic E-state index is 11.5. The van der Waals surface area contributed by atoms with Gasteiger partial charge in [-0.1, -0.05) is 6.07 Å². The van der Waals surface area contributed by atoms with Gasteiger partial charge in [-0.3, -0.25) is 9.59 Å². The molecule has 0 bridgehead atoms. The van der Waals surface area contributed by atoms with Crippen molar-refractivity contribution in [3.63, 3.8) is 0 Å². The molecular formula is C15H19N3O3. The van der Waals surface area contributed by atoms with Crippen LogP contribution in [0, 0.1) is 0 Å². The zero-order chi connectivity index (χ0) is 14.7. The summed E-state index contributed by atoms with van der Waals surface area (Å²) in [7, 11) is 0. The lowest BCUT2D eigenvalue weighted by molar-refractivity contribution is -0.121. The fraction of sp³-hybridized carbons (Fsp3) is 0.467. The zero-order valence-electron chi connectivity index (χ0n) is 11.8. The largest absolute Gasteiger partial charge is 0.482 e. The monoisotopic (exact) mass is 289 g/mol. The number of amides is 2. The van der Waals surface area contributed by atoms with Crippen LogP contribution >= 0.6 is 0 Å². The van der Waals surface area contributed by atoms with Crippen LogP contribution in [-0.2, 0) is 16.1 Å². The van der Waals surface area contributed by atoms with Gasteiger partial charge in [0.25, 0.3) is 5.91 Å². The molecule has 6 nitrogen and oxygen atoms in total. The molecule has 1 saturated carbocycles. The number of nitrogens with one attached hydrogen (secondary N) is 3. The van der Waals surface area contributed by atoms with Crippen LogP contribution < -0.4 is 20.7 Å². The van der Waals surface area contributed by atoms with Crippen molar-refractivity contribution in [3.8, 4) is 5.75 Å². The van der Waals surface area contributed by atoms with Crippen molar-refractivity contribution in [2.24, 2.45) is 0 Å². The first-order valence-corrected chi connectivity index (χ1v) is 7.26. The molecule has 0 aromatic heterocycles. The summed E-state index contributed by atoms with van der Waals surface area (Å²) < 4.78 is 5.31. The van der Waals surface area contributed by atoms with E-state index in [4.69, 9.17) is 4.74 Å². The van der Waals surface area contributed by atoms with E-state index in [1.165, 1.54) is 0 Å². The van der Waals surface area contributed by atoms with Gasteiger partial charge in [0.2, 0.25) is 5.91 Å². The highest BCUT2D eigenvalue weighted by molar-refractivity contribution is 5.95. The van der Waals surface area contributed by atoms with Gasteiger partial charge in [0, 0.05) is 25.6 Å². The predicted molar refractivity (Wildman–Crippen MR) is 78.1 cm³/mol. The molecule has 1 aliphatic heterocycles. The summed E-state index contributed by atoms with van der Waals surface area (Å²) in [5.41, 5.74) is 1.75. The molecule has 1 fully saturated rings. The standard InChI is InChI=1S/C15H19N3O3/c19-14(17-11-2-3-11)5-6-16-8-10-1-4-13-12(7-10)18-15(20)9-21-13/h1,4,7,11,16H,2-3,5-6,8-9H2,(H,17,19)(H,18,20). The summed E-state index contributed by atoms with van der Waals surface area (Å²) in [6, 6.07) is 6.12. The van der Waals surface area contributed by atoms with E-state index >= 15 is 0 Å².